The van der Waals surface area contributed by atoms with Crippen molar-refractivity contribution < 1.29 is 14.7 Å². The number of carbonyl (C=O) groups is 2. The van der Waals surface area contributed by atoms with Gasteiger partial charge in [0.2, 0.25) is 5.91 Å². The second-order valence-electron chi connectivity index (χ2n) is 5.00. The number of carbonyl (C=O) groups excluding carboxylic acids is 1. The maximum Gasteiger partial charge on any atom is 0.326 e. The molecule has 7 heteroatoms. The highest BCUT2D eigenvalue weighted by Crippen LogP contribution is 2.04. The van der Waals surface area contributed by atoms with E-state index in [1.807, 2.05) is 13.8 Å². The lowest BCUT2D eigenvalue weighted by Crippen LogP contribution is -2.40. The quantitative estimate of drug-likeness (QED) is 0.727. The third-order valence-electron chi connectivity index (χ3n) is 3.24. The average Bonchev–Trinajstić information content (AvgIpc) is 2.74. The van der Waals surface area contributed by atoms with Crippen LogP contribution in [0.5, 0.6) is 0 Å². The standard InChI is InChI=1S/C14H22N2O4S/c1-3-4-6-11(13(18)19)15-12(17)7-5-8-16-10(2)9-21-14(16)20/h9,11H,3-8H2,1-2H3,(H,15,17)(H,18,19). The molecule has 0 bridgehead atoms. The number of thiazole rings is 1. The van der Waals surface area contributed by atoms with Crippen molar-refractivity contribution in [3.8, 4) is 0 Å². The number of aryl methyl sites for hydroxylation is 1. The van der Waals surface area contributed by atoms with Crippen LogP contribution >= 0.6 is 11.3 Å². The number of nitrogens with zero attached hydrogens (tertiary/aromatic N) is 1. The summed E-state index contributed by atoms with van der Waals surface area (Å²) in [5.74, 6) is -1.28. The van der Waals surface area contributed by atoms with Gasteiger partial charge in [-0.05, 0) is 19.8 Å². The summed E-state index contributed by atoms with van der Waals surface area (Å²) in [5, 5.41) is 13.4. The predicted octanol–water partition coefficient (Wildman–Crippen LogP) is 1.76. The summed E-state index contributed by atoms with van der Waals surface area (Å²) in [4.78, 5) is 34.3. The van der Waals surface area contributed by atoms with E-state index in [9.17, 15) is 14.4 Å². The number of rotatable bonds is 9. The van der Waals surface area contributed by atoms with Crippen LogP contribution in [0.25, 0.3) is 0 Å². The van der Waals surface area contributed by atoms with Gasteiger partial charge in [0.05, 0.1) is 0 Å². The van der Waals surface area contributed by atoms with Gasteiger partial charge in [0.25, 0.3) is 0 Å². The molecular formula is C14H22N2O4S. The zero-order chi connectivity index (χ0) is 15.8. The molecule has 1 heterocycles. The monoisotopic (exact) mass is 314 g/mol. The van der Waals surface area contributed by atoms with E-state index in [0.29, 0.717) is 19.4 Å². The summed E-state index contributed by atoms with van der Waals surface area (Å²) >= 11 is 1.14. The fourth-order valence-corrected chi connectivity index (χ4v) is 2.77. The van der Waals surface area contributed by atoms with Gasteiger partial charge >= 0.3 is 10.8 Å². The van der Waals surface area contributed by atoms with Crippen molar-refractivity contribution in [2.45, 2.75) is 58.5 Å². The molecule has 0 aliphatic heterocycles. The van der Waals surface area contributed by atoms with Crippen LogP contribution in [0.3, 0.4) is 0 Å². The number of aliphatic carboxylic acids is 1. The van der Waals surface area contributed by atoms with Crippen LogP contribution in [-0.2, 0) is 16.1 Å². The Labute approximate surface area is 127 Å². The number of hydrogen-bond donors (Lipinski definition) is 2. The Hall–Kier alpha value is -1.63. The smallest absolute Gasteiger partial charge is 0.326 e. The van der Waals surface area contributed by atoms with Crippen LogP contribution < -0.4 is 10.2 Å². The first-order chi connectivity index (χ1) is 9.95. The summed E-state index contributed by atoms with van der Waals surface area (Å²) in [6.07, 6.45) is 2.84. The van der Waals surface area contributed by atoms with Crippen molar-refractivity contribution in [3.63, 3.8) is 0 Å². The van der Waals surface area contributed by atoms with Gasteiger partial charge in [-0.3, -0.25) is 9.59 Å². The number of hydrogen-bond acceptors (Lipinski definition) is 4. The predicted molar refractivity (Wildman–Crippen MR) is 81.6 cm³/mol. The van der Waals surface area contributed by atoms with Crippen molar-refractivity contribution in [1.29, 1.82) is 0 Å². The molecule has 1 aromatic heterocycles. The number of unbranched alkanes of at least 4 members (excludes halogenated alkanes) is 1. The fraction of sp³-hybridized carbons (Fsp3) is 0.643. The lowest BCUT2D eigenvalue weighted by atomic mass is 10.1. The molecule has 6 nitrogen and oxygen atoms in total. The molecule has 2 N–H and O–H groups in total. The SMILES string of the molecule is CCCCC(NC(=O)CCCn1c(C)csc1=O)C(=O)O. The highest BCUT2D eigenvalue weighted by molar-refractivity contribution is 7.07. The molecule has 0 saturated heterocycles. The first-order valence-corrected chi connectivity index (χ1v) is 8.00. The van der Waals surface area contributed by atoms with Gasteiger partial charge in [0.1, 0.15) is 6.04 Å². The molecule has 1 atom stereocenters. The Morgan fingerprint density at radius 3 is 2.67 bits per heavy atom. The van der Waals surface area contributed by atoms with E-state index in [1.54, 1.807) is 9.95 Å². The molecule has 0 radical (unpaired) electrons. The zero-order valence-corrected chi connectivity index (χ0v) is 13.2. The second kappa shape index (κ2) is 8.61. The van der Waals surface area contributed by atoms with Crippen LogP contribution in [0, 0.1) is 6.92 Å². The van der Waals surface area contributed by atoms with Gasteiger partial charge < -0.3 is 15.0 Å². The lowest BCUT2D eigenvalue weighted by Gasteiger charge is -2.14. The number of amides is 1. The summed E-state index contributed by atoms with van der Waals surface area (Å²) in [5.41, 5.74) is 0.886. The topological polar surface area (TPSA) is 88.4 Å². The summed E-state index contributed by atoms with van der Waals surface area (Å²) in [6.45, 7) is 4.30. The molecule has 0 aromatic carbocycles. The van der Waals surface area contributed by atoms with E-state index in [2.05, 4.69) is 5.32 Å². The van der Waals surface area contributed by atoms with E-state index in [-0.39, 0.29) is 17.2 Å². The molecule has 1 rings (SSSR count). The van der Waals surface area contributed by atoms with E-state index in [0.717, 1.165) is 29.9 Å². The van der Waals surface area contributed by atoms with Gasteiger partial charge in [-0.2, -0.15) is 0 Å². The molecule has 118 valence electrons. The molecule has 0 spiro atoms. The van der Waals surface area contributed by atoms with Crippen molar-refractivity contribution in [2.24, 2.45) is 0 Å². The highest BCUT2D eigenvalue weighted by Gasteiger charge is 2.18. The molecule has 0 aliphatic carbocycles. The Balaban J connectivity index is 2.39. The Kier molecular flexibility index (Phi) is 7.14. The average molecular weight is 314 g/mol. The first-order valence-electron chi connectivity index (χ1n) is 7.12. The third kappa shape index (κ3) is 5.71. The van der Waals surface area contributed by atoms with E-state index >= 15 is 0 Å². The minimum Gasteiger partial charge on any atom is -0.480 e. The van der Waals surface area contributed by atoms with Crippen LogP contribution in [0.2, 0.25) is 0 Å². The minimum atomic E-state index is -0.998. The molecule has 0 aliphatic rings. The van der Waals surface area contributed by atoms with E-state index < -0.39 is 12.0 Å². The number of aromatic nitrogens is 1. The van der Waals surface area contributed by atoms with Crippen LogP contribution in [0.4, 0.5) is 0 Å². The van der Waals surface area contributed by atoms with E-state index in [1.165, 1.54) is 0 Å². The van der Waals surface area contributed by atoms with Crippen molar-refractivity contribution in [1.82, 2.24) is 9.88 Å². The third-order valence-corrected chi connectivity index (χ3v) is 4.12. The Morgan fingerprint density at radius 1 is 1.43 bits per heavy atom. The fourth-order valence-electron chi connectivity index (χ4n) is 2.00. The van der Waals surface area contributed by atoms with Crippen LogP contribution in [0.15, 0.2) is 10.2 Å². The molecule has 1 aromatic rings. The maximum atomic E-state index is 11.8. The van der Waals surface area contributed by atoms with Crippen molar-refractivity contribution in [3.05, 3.63) is 20.7 Å². The van der Waals surface area contributed by atoms with Crippen LogP contribution in [0.1, 0.15) is 44.7 Å². The van der Waals surface area contributed by atoms with Gasteiger partial charge in [-0.1, -0.05) is 31.1 Å². The van der Waals surface area contributed by atoms with Crippen molar-refractivity contribution in [2.75, 3.05) is 0 Å². The molecule has 0 saturated carbocycles. The largest absolute Gasteiger partial charge is 0.480 e. The summed E-state index contributed by atoms with van der Waals surface area (Å²) < 4.78 is 1.63. The Bertz CT molecular complexity index is 535. The van der Waals surface area contributed by atoms with Gasteiger partial charge in [0.15, 0.2) is 0 Å². The number of nitrogens with one attached hydrogen (secondary N) is 1. The van der Waals surface area contributed by atoms with Gasteiger partial charge in [-0.25, -0.2) is 4.79 Å². The number of carboxylic acids is 1. The molecule has 0 fully saturated rings. The minimum absolute atomic E-state index is 0.0285. The highest BCUT2D eigenvalue weighted by atomic mass is 32.1. The summed E-state index contributed by atoms with van der Waals surface area (Å²) in [7, 11) is 0. The normalized spacial score (nSPS) is 12.1. The second-order valence-corrected chi connectivity index (χ2v) is 5.82. The Morgan fingerprint density at radius 2 is 2.14 bits per heavy atom. The number of carboxylic acid groups (broad SMARTS) is 1. The maximum absolute atomic E-state index is 11.8. The molecule has 21 heavy (non-hydrogen) atoms. The zero-order valence-electron chi connectivity index (χ0n) is 12.4. The molecule has 1 amide bonds. The molecular weight excluding hydrogens is 292 g/mol. The van der Waals surface area contributed by atoms with E-state index in [4.69, 9.17) is 5.11 Å². The van der Waals surface area contributed by atoms with Gasteiger partial charge in [0, 0.05) is 24.0 Å². The lowest BCUT2D eigenvalue weighted by molar-refractivity contribution is -0.142. The van der Waals surface area contributed by atoms with Gasteiger partial charge in [-0.15, -0.1) is 0 Å². The summed E-state index contributed by atoms with van der Waals surface area (Å²) in [6, 6.07) is -0.817. The van der Waals surface area contributed by atoms with Crippen molar-refractivity contribution >= 4 is 23.2 Å². The van der Waals surface area contributed by atoms with Crippen LogP contribution in [-0.4, -0.2) is 27.6 Å². The first kappa shape index (κ1) is 17.4. The molecule has 1 unspecified atom stereocenters.